The summed E-state index contributed by atoms with van der Waals surface area (Å²) in [4.78, 5) is 1.33. The molecule has 0 saturated heterocycles. The van der Waals surface area contributed by atoms with Crippen molar-refractivity contribution in [1.29, 1.82) is 0 Å². The van der Waals surface area contributed by atoms with E-state index < -0.39 is 26.6 Å². The van der Waals surface area contributed by atoms with Crippen molar-refractivity contribution in [1.82, 2.24) is 9.62 Å². The largest absolute Gasteiger partial charge is 0.305 e. The highest BCUT2D eigenvalue weighted by Gasteiger charge is 2.19. The van der Waals surface area contributed by atoms with Crippen LogP contribution in [0.15, 0.2) is 47.4 Å². The van der Waals surface area contributed by atoms with Crippen LogP contribution in [0, 0.1) is 11.6 Å². The van der Waals surface area contributed by atoms with E-state index in [2.05, 4.69) is 4.72 Å². The first kappa shape index (κ1) is 17.5. The number of hydrogen-bond donors (Lipinski definition) is 1. The fourth-order valence-electron chi connectivity index (χ4n) is 2.07. The molecular weight excluding hydrogens is 322 g/mol. The Bertz CT molecular complexity index is 775. The molecule has 0 aromatic heterocycles. The van der Waals surface area contributed by atoms with E-state index in [0.29, 0.717) is 6.07 Å². The number of rotatable bonds is 6. The maximum atomic E-state index is 13.6. The zero-order valence-electron chi connectivity index (χ0n) is 12.9. The molecule has 2 rings (SSSR count). The summed E-state index contributed by atoms with van der Waals surface area (Å²) < 4.78 is 53.1. The molecule has 1 N–H and O–H groups in total. The topological polar surface area (TPSA) is 49.4 Å². The second kappa shape index (κ2) is 7.16. The predicted octanol–water partition coefficient (Wildman–Crippen LogP) is 2.50. The zero-order valence-corrected chi connectivity index (χ0v) is 13.7. The molecule has 0 unspecified atom stereocenters. The number of nitrogens with one attached hydrogen (secondary N) is 1. The molecular formula is C16H18F2N2O2S. The van der Waals surface area contributed by atoms with Gasteiger partial charge in [-0.3, -0.25) is 0 Å². The fourth-order valence-corrected chi connectivity index (χ4v) is 3.17. The molecule has 0 spiro atoms. The van der Waals surface area contributed by atoms with E-state index in [0.717, 1.165) is 29.8 Å². The summed E-state index contributed by atoms with van der Waals surface area (Å²) in [5.74, 6) is -1.79. The van der Waals surface area contributed by atoms with Crippen molar-refractivity contribution in [2.75, 3.05) is 14.1 Å². The van der Waals surface area contributed by atoms with E-state index in [1.165, 1.54) is 0 Å². The third-order valence-electron chi connectivity index (χ3n) is 3.17. The third kappa shape index (κ3) is 4.82. The first-order chi connectivity index (χ1) is 10.8. The molecule has 7 heteroatoms. The molecule has 23 heavy (non-hydrogen) atoms. The number of hydrogen-bond acceptors (Lipinski definition) is 3. The van der Waals surface area contributed by atoms with Crippen LogP contribution in [0.4, 0.5) is 8.78 Å². The SMILES string of the molecule is CN(C)Cc1ccc(CNS(=O)(=O)c2cc(F)ccc2F)cc1. The lowest BCUT2D eigenvalue weighted by Crippen LogP contribution is -2.24. The van der Waals surface area contributed by atoms with Crippen molar-refractivity contribution >= 4 is 10.0 Å². The summed E-state index contributed by atoms with van der Waals surface area (Å²) in [6.07, 6.45) is 0. The van der Waals surface area contributed by atoms with E-state index in [1.54, 1.807) is 12.1 Å². The van der Waals surface area contributed by atoms with Crippen LogP contribution >= 0.6 is 0 Å². The molecule has 0 atom stereocenters. The molecule has 0 radical (unpaired) electrons. The second-order valence-electron chi connectivity index (χ2n) is 5.45. The Morgan fingerprint density at radius 1 is 1.00 bits per heavy atom. The quantitative estimate of drug-likeness (QED) is 0.879. The molecule has 0 aliphatic rings. The maximum absolute atomic E-state index is 13.6. The van der Waals surface area contributed by atoms with Crippen LogP contribution in [-0.4, -0.2) is 27.4 Å². The fraction of sp³-hybridized carbons (Fsp3) is 0.250. The minimum atomic E-state index is -4.11. The maximum Gasteiger partial charge on any atom is 0.243 e. The summed E-state index contributed by atoms with van der Waals surface area (Å²) in [5, 5.41) is 0. The Hall–Kier alpha value is -1.83. The Balaban J connectivity index is 2.08. The monoisotopic (exact) mass is 340 g/mol. The van der Waals surface area contributed by atoms with Gasteiger partial charge >= 0.3 is 0 Å². The van der Waals surface area contributed by atoms with Crippen molar-refractivity contribution in [2.24, 2.45) is 0 Å². The summed E-state index contributed by atoms with van der Waals surface area (Å²) >= 11 is 0. The van der Waals surface area contributed by atoms with Crippen molar-refractivity contribution in [3.63, 3.8) is 0 Å². The molecule has 0 fully saturated rings. The van der Waals surface area contributed by atoms with Gasteiger partial charge in [0.05, 0.1) is 0 Å². The van der Waals surface area contributed by atoms with Gasteiger partial charge in [0.1, 0.15) is 16.5 Å². The van der Waals surface area contributed by atoms with E-state index in [-0.39, 0.29) is 6.54 Å². The van der Waals surface area contributed by atoms with Crippen molar-refractivity contribution in [3.8, 4) is 0 Å². The molecule has 4 nitrogen and oxygen atoms in total. The molecule has 2 aromatic rings. The van der Waals surface area contributed by atoms with Crippen LogP contribution in [0.1, 0.15) is 11.1 Å². The minimum absolute atomic E-state index is 0.000527. The van der Waals surface area contributed by atoms with Gasteiger partial charge in [-0.1, -0.05) is 24.3 Å². The predicted molar refractivity (Wildman–Crippen MR) is 84.2 cm³/mol. The summed E-state index contributed by atoms with van der Waals surface area (Å²) in [6, 6.07) is 9.71. The van der Waals surface area contributed by atoms with Gasteiger partial charge in [0, 0.05) is 13.1 Å². The zero-order chi connectivity index (χ0) is 17.0. The Morgan fingerprint density at radius 2 is 1.61 bits per heavy atom. The van der Waals surface area contributed by atoms with Gasteiger partial charge < -0.3 is 4.90 Å². The molecule has 0 amide bonds. The second-order valence-corrected chi connectivity index (χ2v) is 7.19. The van der Waals surface area contributed by atoms with E-state index in [9.17, 15) is 17.2 Å². The first-order valence-corrected chi connectivity index (χ1v) is 8.43. The lowest BCUT2D eigenvalue weighted by Gasteiger charge is -2.11. The Kier molecular flexibility index (Phi) is 5.46. The molecule has 0 saturated carbocycles. The normalized spacial score (nSPS) is 11.9. The summed E-state index contributed by atoms with van der Waals surface area (Å²) in [7, 11) is -0.206. The van der Waals surface area contributed by atoms with Crippen LogP contribution < -0.4 is 4.72 Å². The van der Waals surface area contributed by atoms with Gasteiger partial charge in [0.15, 0.2) is 0 Å². The number of benzene rings is 2. The molecule has 0 heterocycles. The van der Waals surface area contributed by atoms with Crippen LogP contribution in [0.25, 0.3) is 0 Å². The Morgan fingerprint density at radius 3 is 2.22 bits per heavy atom. The van der Waals surface area contributed by atoms with Crippen LogP contribution in [-0.2, 0) is 23.1 Å². The summed E-state index contributed by atoms with van der Waals surface area (Å²) in [6.45, 7) is 0.779. The number of nitrogens with zero attached hydrogens (tertiary/aromatic N) is 1. The highest BCUT2D eigenvalue weighted by atomic mass is 32.2. The molecule has 0 bridgehead atoms. The highest BCUT2D eigenvalue weighted by molar-refractivity contribution is 7.89. The standard InChI is InChI=1S/C16H18F2N2O2S/c1-20(2)11-13-5-3-12(4-6-13)10-19-23(21,22)16-9-14(17)7-8-15(16)18/h3-9,19H,10-11H2,1-2H3. The molecule has 0 aliphatic heterocycles. The third-order valence-corrected chi connectivity index (χ3v) is 4.59. The first-order valence-electron chi connectivity index (χ1n) is 6.95. The van der Waals surface area contributed by atoms with Gasteiger partial charge in [0.25, 0.3) is 0 Å². The van der Waals surface area contributed by atoms with Crippen LogP contribution in [0.3, 0.4) is 0 Å². The van der Waals surface area contributed by atoms with Crippen LogP contribution in [0.5, 0.6) is 0 Å². The molecule has 0 aliphatic carbocycles. The number of halogens is 2. The van der Waals surface area contributed by atoms with Gasteiger partial charge in [0.2, 0.25) is 10.0 Å². The van der Waals surface area contributed by atoms with Crippen LogP contribution in [0.2, 0.25) is 0 Å². The lowest BCUT2D eigenvalue weighted by atomic mass is 10.1. The molecule has 2 aromatic carbocycles. The van der Waals surface area contributed by atoms with Crippen molar-refractivity contribution < 1.29 is 17.2 Å². The number of sulfonamides is 1. The smallest absolute Gasteiger partial charge is 0.243 e. The average Bonchev–Trinajstić information content (AvgIpc) is 2.48. The summed E-state index contributed by atoms with van der Waals surface area (Å²) in [5.41, 5.74) is 1.82. The van der Waals surface area contributed by atoms with Crippen molar-refractivity contribution in [2.45, 2.75) is 18.0 Å². The van der Waals surface area contributed by atoms with Gasteiger partial charge in [-0.2, -0.15) is 0 Å². The lowest BCUT2D eigenvalue weighted by molar-refractivity contribution is 0.402. The van der Waals surface area contributed by atoms with E-state index in [4.69, 9.17) is 0 Å². The van der Waals surface area contributed by atoms with E-state index >= 15 is 0 Å². The Labute approximate surface area is 134 Å². The van der Waals surface area contributed by atoms with Gasteiger partial charge in [-0.15, -0.1) is 0 Å². The van der Waals surface area contributed by atoms with Crippen molar-refractivity contribution in [3.05, 3.63) is 65.2 Å². The van der Waals surface area contributed by atoms with E-state index in [1.807, 2.05) is 31.1 Å². The average molecular weight is 340 g/mol. The highest BCUT2D eigenvalue weighted by Crippen LogP contribution is 2.16. The van der Waals surface area contributed by atoms with Gasteiger partial charge in [-0.05, 0) is 43.4 Å². The minimum Gasteiger partial charge on any atom is -0.305 e. The molecule has 124 valence electrons. The van der Waals surface area contributed by atoms with Gasteiger partial charge in [-0.25, -0.2) is 21.9 Å².